The summed E-state index contributed by atoms with van der Waals surface area (Å²) in [6.45, 7) is 4.76. The molecule has 0 fully saturated rings. The van der Waals surface area contributed by atoms with Crippen molar-refractivity contribution in [3.05, 3.63) is 63.7 Å². The Bertz CT molecular complexity index is 668. The SMILES string of the molecule is CNC(=O)c1ccc(NCc2ccc(Cl)cc2C)c(C)c1. The first-order valence-corrected chi connectivity index (χ1v) is 7.20. The van der Waals surface area contributed by atoms with E-state index in [0.717, 1.165) is 28.4 Å². The normalized spacial score (nSPS) is 10.3. The van der Waals surface area contributed by atoms with E-state index in [2.05, 4.69) is 10.6 Å². The van der Waals surface area contributed by atoms with Crippen LogP contribution in [0.1, 0.15) is 27.0 Å². The van der Waals surface area contributed by atoms with Gasteiger partial charge in [-0.15, -0.1) is 0 Å². The molecule has 0 spiro atoms. The number of benzene rings is 2. The van der Waals surface area contributed by atoms with Crippen molar-refractivity contribution in [3.8, 4) is 0 Å². The zero-order chi connectivity index (χ0) is 15.4. The summed E-state index contributed by atoms with van der Waals surface area (Å²) >= 11 is 5.96. The molecule has 0 radical (unpaired) electrons. The van der Waals surface area contributed by atoms with Crippen LogP contribution in [0.3, 0.4) is 0 Å². The summed E-state index contributed by atoms with van der Waals surface area (Å²) in [4.78, 5) is 11.6. The first kappa shape index (κ1) is 15.4. The number of hydrogen-bond acceptors (Lipinski definition) is 2. The van der Waals surface area contributed by atoms with Crippen LogP contribution in [0.15, 0.2) is 36.4 Å². The Balaban J connectivity index is 2.11. The van der Waals surface area contributed by atoms with Crippen molar-refractivity contribution in [1.82, 2.24) is 5.32 Å². The second-order valence-electron chi connectivity index (χ2n) is 5.03. The van der Waals surface area contributed by atoms with Gasteiger partial charge in [-0.3, -0.25) is 4.79 Å². The molecular formula is C17H19ClN2O. The van der Waals surface area contributed by atoms with Crippen molar-refractivity contribution in [2.75, 3.05) is 12.4 Å². The van der Waals surface area contributed by atoms with Gasteiger partial charge in [0.05, 0.1) is 0 Å². The second-order valence-corrected chi connectivity index (χ2v) is 5.47. The number of carbonyl (C=O) groups excluding carboxylic acids is 1. The number of hydrogen-bond donors (Lipinski definition) is 2. The number of rotatable bonds is 4. The lowest BCUT2D eigenvalue weighted by Gasteiger charge is -2.12. The molecule has 2 N–H and O–H groups in total. The minimum absolute atomic E-state index is 0.0711. The van der Waals surface area contributed by atoms with E-state index in [9.17, 15) is 4.79 Å². The molecule has 0 aliphatic heterocycles. The van der Waals surface area contributed by atoms with Crippen LogP contribution >= 0.6 is 11.6 Å². The maximum atomic E-state index is 11.6. The fraction of sp³-hybridized carbons (Fsp3) is 0.235. The highest BCUT2D eigenvalue weighted by Gasteiger charge is 2.06. The van der Waals surface area contributed by atoms with E-state index in [1.807, 2.05) is 50.2 Å². The molecule has 0 bridgehead atoms. The van der Waals surface area contributed by atoms with Gasteiger partial charge < -0.3 is 10.6 Å². The Morgan fingerprint density at radius 1 is 1.10 bits per heavy atom. The number of aryl methyl sites for hydroxylation is 2. The molecular weight excluding hydrogens is 284 g/mol. The number of anilines is 1. The quantitative estimate of drug-likeness (QED) is 0.898. The molecule has 110 valence electrons. The van der Waals surface area contributed by atoms with E-state index in [0.29, 0.717) is 5.56 Å². The Morgan fingerprint density at radius 2 is 1.86 bits per heavy atom. The van der Waals surface area contributed by atoms with Crippen LogP contribution < -0.4 is 10.6 Å². The lowest BCUT2D eigenvalue weighted by Crippen LogP contribution is -2.17. The highest BCUT2D eigenvalue weighted by molar-refractivity contribution is 6.30. The van der Waals surface area contributed by atoms with Gasteiger partial charge in [0.1, 0.15) is 0 Å². The molecule has 0 unspecified atom stereocenters. The summed E-state index contributed by atoms with van der Waals surface area (Å²) in [6, 6.07) is 11.5. The van der Waals surface area contributed by atoms with E-state index in [1.54, 1.807) is 7.05 Å². The minimum Gasteiger partial charge on any atom is -0.381 e. The van der Waals surface area contributed by atoms with Crippen LogP contribution in [0.2, 0.25) is 5.02 Å². The maximum Gasteiger partial charge on any atom is 0.251 e. The number of nitrogens with one attached hydrogen (secondary N) is 2. The lowest BCUT2D eigenvalue weighted by atomic mass is 10.1. The monoisotopic (exact) mass is 302 g/mol. The van der Waals surface area contributed by atoms with Crippen LogP contribution in [-0.2, 0) is 6.54 Å². The van der Waals surface area contributed by atoms with Crippen molar-refractivity contribution in [2.24, 2.45) is 0 Å². The molecule has 2 aromatic rings. The molecule has 4 heteroatoms. The molecule has 0 aliphatic rings. The predicted octanol–water partition coefficient (Wildman–Crippen LogP) is 3.93. The smallest absolute Gasteiger partial charge is 0.251 e. The van der Waals surface area contributed by atoms with E-state index >= 15 is 0 Å². The fourth-order valence-corrected chi connectivity index (χ4v) is 2.42. The average Bonchev–Trinajstić information content (AvgIpc) is 2.46. The second kappa shape index (κ2) is 6.64. The van der Waals surface area contributed by atoms with Crippen LogP contribution in [0.5, 0.6) is 0 Å². The van der Waals surface area contributed by atoms with Gasteiger partial charge >= 0.3 is 0 Å². The summed E-state index contributed by atoms with van der Waals surface area (Å²) in [7, 11) is 1.63. The van der Waals surface area contributed by atoms with E-state index in [4.69, 9.17) is 11.6 Å². The largest absolute Gasteiger partial charge is 0.381 e. The molecule has 0 aliphatic carbocycles. The molecule has 3 nitrogen and oxygen atoms in total. The number of amides is 1. The zero-order valence-corrected chi connectivity index (χ0v) is 13.2. The fourth-order valence-electron chi connectivity index (χ4n) is 2.20. The van der Waals surface area contributed by atoms with Crippen molar-refractivity contribution in [3.63, 3.8) is 0 Å². The summed E-state index contributed by atoms with van der Waals surface area (Å²) in [6.07, 6.45) is 0. The van der Waals surface area contributed by atoms with Gasteiger partial charge in [0.15, 0.2) is 0 Å². The van der Waals surface area contributed by atoms with Gasteiger partial charge in [-0.25, -0.2) is 0 Å². The van der Waals surface area contributed by atoms with Crippen molar-refractivity contribution >= 4 is 23.2 Å². The topological polar surface area (TPSA) is 41.1 Å². The highest BCUT2D eigenvalue weighted by Crippen LogP contribution is 2.20. The molecule has 2 aromatic carbocycles. The van der Waals surface area contributed by atoms with Crippen molar-refractivity contribution in [1.29, 1.82) is 0 Å². The Morgan fingerprint density at radius 3 is 2.48 bits per heavy atom. The Hall–Kier alpha value is -2.00. The molecule has 0 saturated heterocycles. The minimum atomic E-state index is -0.0711. The third-order valence-corrected chi connectivity index (χ3v) is 3.72. The molecule has 0 saturated carbocycles. The lowest BCUT2D eigenvalue weighted by molar-refractivity contribution is 0.0963. The Labute approximate surface area is 130 Å². The summed E-state index contributed by atoms with van der Waals surface area (Å²) in [5, 5.41) is 6.78. The maximum absolute atomic E-state index is 11.6. The number of carbonyl (C=O) groups is 1. The van der Waals surface area contributed by atoms with E-state index in [1.165, 1.54) is 5.56 Å². The van der Waals surface area contributed by atoms with Gasteiger partial charge in [-0.05, 0) is 60.9 Å². The van der Waals surface area contributed by atoms with E-state index < -0.39 is 0 Å². The van der Waals surface area contributed by atoms with Gasteiger partial charge in [0, 0.05) is 29.9 Å². The molecule has 0 aromatic heterocycles. The van der Waals surface area contributed by atoms with E-state index in [-0.39, 0.29) is 5.91 Å². The first-order valence-electron chi connectivity index (χ1n) is 6.83. The molecule has 21 heavy (non-hydrogen) atoms. The van der Waals surface area contributed by atoms with Crippen molar-refractivity contribution in [2.45, 2.75) is 20.4 Å². The van der Waals surface area contributed by atoms with Crippen LogP contribution in [0.25, 0.3) is 0 Å². The Kier molecular flexibility index (Phi) is 4.86. The standard InChI is InChI=1S/C17H19ClN2O/c1-11-9-15(18)6-4-14(11)10-20-16-7-5-13(8-12(16)2)17(21)19-3/h4-9,20H,10H2,1-3H3,(H,19,21). The molecule has 1 amide bonds. The summed E-state index contributed by atoms with van der Waals surface area (Å²) in [5.41, 5.74) is 5.10. The molecule has 0 atom stereocenters. The third-order valence-electron chi connectivity index (χ3n) is 3.49. The first-order chi connectivity index (χ1) is 10.0. The van der Waals surface area contributed by atoms with Crippen LogP contribution in [0.4, 0.5) is 5.69 Å². The van der Waals surface area contributed by atoms with Gasteiger partial charge in [0.2, 0.25) is 0 Å². The molecule has 0 heterocycles. The highest BCUT2D eigenvalue weighted by atomic mass is 35.5. The predicted molar refractivity (Wildman–Crippen MR) is 88.1 cm³/mol. The van der Waals surface area contributed by atoms with Gasteiger partial charge in [0.25, 0.3) is 5.91 Å². The number of halogens is 1. The van der Waals surface area contributed by atoms with Crippen LogP contribution in [-0.4, -0.2) is 13.0 Å². The molecule has 2 rings (SSSR count). The van der Waals surface area contributed by atoms with Crippen LogP contribution in [0, 0.1) is 13.8 Å². The summed E-state index contributed by atoms with van der Waals surface area (Å²) < 4.78 is 0. The third kappa shape index (κ3) is 3.76. The van der Waals surface area contributed by atoms with Crippen molar-refractivity contribution < 1.29 is 4.79 Å². The van der Waals surface area contributed by atoms with Gasteiger partial charge in [-0.2, -0.15) is 0 Å². The average molecular weight is 303 g/mol. The van der Waals surface area contributed by atoms with Gasteiger partial charge in [-0.1, -0.05) is 17.7 Å². The summed E-state index contributed by atoms with van der Waals surface area (Å²) in [5.74, 6) is -0.0711. The zero-order valence-electron chi connectivity index (χ0n) is 12.5.